The van der Waals surface area contributed by atoms with Gasteiger partial charge in [0.05, 0.1) is 6.20 Å². The maximum absolute atomic E-state index is 11.0. The zero-order valence-corrected chi connectivity index (χ0v) is 9.48. The Hall–Kier alpha value is -2.70. The molecule has 3 aromatic heterocycles. The first-order chi connectivity index (χ1) is 8.68. The van der Waals surface area contributed by atoms with E-state index in [9.17, 15) is 4.79 Å². The number of aromatic nitrogens is 5. The van der Waals surface area contributed by atoms with Gasteiger partial charge in [0, 0.05) is 25.0 Å². The number of hydrogen-bond acceptors (Lipinski definition) is 4. The maximum atomic E-state index is 11.0. The average Bonchev–Trinajstić information content (AvgIpc) is 2.91. The van der Waals surface area contributed by atoms with Crippen LogP contribution in [0.5, 0.6) is 0 Å². The zero-order valence-electron chi connectivity index (χ0n) is 9.48. The zero-order chi connectivity index (χ0) is 12.7. The van der Waals surface area contributed by atoms with Gasteiger partial charge in [-0.05, 0) is 12.1 Å². The monoisotopic (exact) mass is 243 g/mol. The second-order valence-corrected chi connectivity index (χ2v) is 3.78. The standard InChI is InChI=1S/C11H9N5O2/c1-15-9(7-3-2-4-12-5-7)14-16-8(10(17)18)6-13-11(15)16/h2-6H,1H3,(H,17,18). The van der Waals surface area contributed by atoms with E-state index >= 15 is 0 Å². The molecule has 0 fully saturated rings. The fourth-order valence-electron chi connectivity index (χ4n) is 1.81. The van der Waals surface area contributed by atoms with Crippen molar-refractivity contribution in [1.82, 2.24) is 24.1 Å². The minimum absolute atomic E-state index is 0.0377. The smallest absolute Gasteiger partial charge is 0.356 e. The summed E-state index contributed by atoms with van der Waals surface area (Å²) in [4.78, 5) is 19.1. The van der Waals surface area contributed by atoms with Gasteiger partial charge in [-0.2, -0.15) is 4.52 Å². The molecular formula is C11H9N5O2. The number of fused-ring (bicyclic) bond motifs is 1. The lowest BCUT2D eigenvalue weighted by Gasteiger charge is -1.98. The fourth-order valence-corrected chi connectivity index (χ4v) is 1.81. The Morgan fingerprint density at radius 3 is 2.89 bits per heavy atom. The van der Waals surface area contributed by atoms with Gasteiger partial charge >= 0.3 is 5.97 Å². The summed E-state index contributed by atoms with van der Waals surface area (Å²) < 4.78 is 3.04. The molecule has 3 heterocycles. The number of nitrogens with zero attached hydrogens (tertiary/aromatic N) is 5. The van der Waals surface area contributed by atoms with E-state index in [0.717, 1.165) is 5.56 Å². The molecule has 3 rings (SSSR count). The van der Waals surface area contributed by atoms with Gasteiger partial charge in [-0.25, -0.2) is 9.78 Å². The minimum atomic E-state index is -1.06. The van der Waals surface area contributed by atoms with Crippen LogP contribution in [-0.2, 0) is 7.05 Å². The normalized spacial score (nSPS) is 10.9. The third-order valence-corrected chi connectivity index (χ3v) is 2.67. The predicted octanol–water partition coefficient (Wildman–Crippen LogP) is 0.828. The number of rotatable bonds is 2. The molecule has 7 heteroatoms. The SMILES string of the molecule is Cn1c(-c2cccnc2)nn2c(C(=O)O)cnc12. The third-order valence-electron chi connectivity index (χ3n) is 2.67. The first kappa shape index (κ1) is 10.5. The number of carboxylic acid groups (broad SMARTS) is 1. The summed E-state index contributed by atoms with van der Waals surface area (Å²) in [5, 5.41) is 13.3. The summed E-state index contributed by atoms with van der Waals surface area (Å²) in [6.45, 7) is 0. The van der Waals surface area contributed by atoms with Crippen LogP contribution in [0.1, 0.15) is 10.5 Å². The van der Waals surface area contributed by atoms with Crippen LogP contribution in [-0.4, -0.2) is 35.2 Å². The first-order valence-corrected chi connectivity index (χ1v) is 5.22. The van der Waals surface area contributed by atoms with Crippen molar-refractivity contribution in [1.29, 1.82) is 0 Å². The number of aryl methyl sites for hydroxylation is 1. The van der Waals surface area contributed by atoms with E-state index in [4.69, 9.17) is 5.11 Å². The van der Waals surface area contributed by atoms with E-state index in [1.54, 1.807) is 30.1 Å². The third kappa shape index (κ3) is 1.37. The highest BCUT2D eigenvalue weighted by molar-refractivity contribution is 5.86. The lowest BCUT2D eigenvalue weighted by atomic mass is 10.3. The molecule has 0 saturated carbocycles. The molecule has 0 aliphatic carbocycles. The van der Waals surface area contributed by atoms with Crippen LogP contribution in [0.15, 0.2) is 30.7 Å². The van der Waals surface area contributed by atoms with Crippen molar-refractivity contribution in [3.8, 4) is 11.4 Å². The number of imidazole rings is 1. The van der Waals surface area contributed by atoms with Crippen LogP contribution < -0.4 is 0 Å². The van der Waals surface area contributed by atoms with Gasteiger partial charge in [0.2, 0.25) is 5.78 Å². The van der Waals surface area contributed by atoms with E-state index in [-0.39, 0.29) is 5.69 Å². The maximum Gasteiger partial charge on any atom is 0.356 e. The summed E-state index contributed by atoms with van der Waals surface area (Å²) in [5.41, 5.74) is 0.845. The first-order valence-electron chi connectivity index (χ1n) is 5.22. The highest BCUT2D eigenvalue weighted by Gasteiger charge is 2.17. The molecule has 0 atom stereocenters. The molecule has 0 saturated heterocycles. The van der Waals surface area contributed by atoms with Crippen molar-refractivity contribution in [2.75, 3.05) is 0 Å². The number of carbonyl (C=O) groups is 1. The Bertz CT molecular complexity index is 729. The van der Waals surface area contributed by atoms with E-state index in [0.29, 0.717) is 11.6 Å². The number of carboxylic acids is 1. The molecule has 18 heavy (non-hydrogen) atoms. The second kappa shape index (κ2) is 3.66. The summed E-state index contributed by atoms with van der Waals surface area (Å²) >= 11 is 0. The predicted molar refractivity (Wildman–Crippen MR) is 62.1 cm³/mol. The van der Waals surface area contributed by atoms with Crippen molar-refractivity contribution < 1.29 is 9.90 Å². The van der Waals surface area contributed by atoms with Gasteiger partial charge in [-0.15, -0.1) is 5.10 Å². The van der Waals surface area contributed by atoms with Crippen LogP contribution in [0.4, 0.5) is 0 Å². The van der Waals surface area contributed by atoms with Crippen molar-refractivity contribution in [2.24, 2.45) is 7.05 Å². The Kier molecular flexibility index (Phi) is 2.12. The highest BCUT2D eigenvalue weighted by atomic mass is 16.4. The van der Waals surface area contributed by atoms with E-state index in [1.807, 2.05) is 6.07 Å². The van der Waals surface area contributed by atoms with Crippen molar-refractivity contribution in [2.45, 2.75) is 0 Å². The lowest BCUT2D eigenvalue weighted by Crippen LogP contribution is -2.01. The van der Waals surface area contributed by atoms with Gasteiger partial charge in [0.1, 0.15) is 0 Å². The Morgan fingerprint density at radius 1 is 1.39 bits per heavy atom. The highest BCUT2D eigenvalue weighted by Crippen LogP contribution is 2.18. The molecule has 3 aromatic rings. The molecule has 0 aliphatic rings. The summed E-state index contributed by atoms with van der Waals surface area (Å²) in [5.74, 6) is 0.0401. The minimum Gasteiger partial charge on any atom is -0.476 e. The van der Waals surface area contributed by atoms with Crippen molar-refractivity contribution >= 4 is 11.7 Å². The van der Waals surface area contributed by atoms with Gasteiger partial charge in [0.15, 0.2) is 11.5 Å². The molecule has 0 aromatic carbocycles. The van der Waals surface area contributed by atoms with Crippen LogP contribution in [0.3, 0.4) is 0 Å². The summed E-state index contributed by atoms with van der Waals surface area (Å²) in [7, 11) is 1.78. The Balaban J connectivity index is 2.27. The molecule has 0 amide bonds. The molecule has 1 N–H and O–H groups in total. The molecule has 0 spiro atoms. The largest absolute Gasteiger partial charge is 0.476 e. The molecule has 0 unspecified atom stereocenters. The number of pyridine rings is 1. The number of hydrogen-bond donors (Lipinski definition) is 1. The summed E-state index contributed by atoms with van der Waals surface area (Å²) in [6.07, 6.45) is 4.63. The van der Waals surface area contributed by atoms with E-state index < -0.39 is 5.97 Å². The quantitative estimate of drug-likeness (QED) is 0.720. The molecule has 0 aliphatic heterocycles. The van der Waals surface area contributed by atoms with Crippen LogP contribution >= 0.6 is 0 Å². The van der Waals surface area contributed by atoms with Gasteiger partial charge in [0.25, 0.3) is 0 Å². The van der Waals surface area contributed by atoms with Gasteiger partial charge in [-0.1, -0.05) is 0 Å². The lowest BCUT2D eigenvalue weighted by molar-refractivity contribution is 0.0688. The number of aromatic carboxylic acids is 1. The Labute approximate surface area is 101 Å². The molecule has 7 nitrogen and oxygen atoms in total. The molecule has 90 valence electrons. The fraction of sp³-hybridized carbons (Fsp3) is 0.0909. The van der Waals surface area contributed by atoms with Crippen LogP contribution in [0.25, 0.3) is 17.2 Å². The average molecular weight is 243 g/mol. The summed E-state index contributed by atoms with van der Waals surface area (Å²) in [6, 6.07) is 3.65. The van der Waals surface area contributed by atoms with E-state index in [1.165, 1.54) is 10.7 Å². The second-order valence-electron chi connectivity index (χ2n) is 3.78. The molecular weight excluding hydrogens is 234 g/mol. The Morgan fingerprint density at radius 2 is 2.22 bits per heavy atom. The van der Waals surface area contributed by atoms with E-state index in [2.05, 4.69) is 15.1 Å². The molecule has 0 radical (unpaired) electrons. The molecule has 0 bridgehead atoms. The van der Waals surface area contributed by atoms with Gasteiger partial charge < -0.3 is 5.11 Å². The van der Waals surface area contributed by atoms with Crippen molar-refractivity contribution in [3.63, 3.8) is 0 Å². The van der Waals surface area contributed by atoms with Crippen molar-refractivity contribution in [3.05, 3.63) is 36.4 Å². The topological polar surface area (TPSA) is 85.3 Å². The van der Waals surface area contributed by atoms with Crippen LogP contribution in [0.2, 0.25) is 0 Å². The van der Waals surface area contributed by atoms with Gasteiger partial charge in [-0.3, -0.25) is 9.55 Å². The van der Waals surface area contributed by atoms with Crippen LogP contribution in [0, 0.1) is 0 Å².